The smallest absolute Gasteiger partial charge is 0.412 e. The second-order valence-electron chi connectivity index (χ2n) is 7.38. The maximum atomic E-state index is 13.7. The van der Waals surface area contributed by atoms with Crippen molar-refractivity contribution in [2.45, 2.75) is 46.3 Å². The van der Waals surface area contributed by atoms with Crippen LogP contribution in [-0.2, 0) is 9.53 Å². The summed E-state index contributed by atoms with van der Waals surface area (Å²) in [5.74, 6) is -0.504. The van der Waals surface area contributed by atoms with Gasteiger partial charge in [-0.15, -0.1) is 0 Å². The molecule has 1 atom stereocenters. The molecule has 6 nitrogen and oxygen atoms in total. The van der Waals surface area contributed by atoms with Gasteiger partial charge in [-0.3, -0.25) is 10.1 Å². The number of aryl methyl sites for hydroxylation is 1. The number of ether oxygens (including phenoxy) is 2. The summed E-state index contributed by atoms with van der Waals surface area (Å²) in [4.78, 5) is 24.4. The van der Waals surface area contributed by atoms with E-state index in [0.717, 1.165) is 11.6 Å². The van der Waals surface area contributed by atoms with Crippen LogP contribution in [0.5, 0.6) is 5.75 Å². The van der Waals surface area contributed by atoms with Crippen molar-refractivity contribution in [3.63, 3.8) is 0 Å². The highest BCUT2D eigenvalue weighted by Gasteiger charge is 2.20. The van der Waals surface area contributed by atoms with Crippen LogP contribution in [0, 0.1) is 12.7 Å². The lowest BCUT2D eigenvalue weighted by Crippen LogP contribution is -2.31. The highest BCUT2D eigenvalue weighted by molar-refractivity contribution is 5.99. The van der Waals surface area contributed by atoms with E-state index in [1.54, 1.807) is 39.8 Å². The van der Waals surface area contributed by atoms with Crippen LogP contribution in [0.4, 0.5) is 20.6 Å². The molecule has 0 aliphatic heterocycles. The minimum atomic E-state index is -0.833. The molecule has 2 N–H and O–H groups in total. The maximum Gasteiger partial charge on any atom is 0.412 e. The van der Waals surface area contributed by atoms with Crippen molar-refractivity contribution in [3.8, 4) is 5.75 Å². The molecular weight excluding hydrogens is 363 g/mol. The predicted molar refractivity (Wildman–Crippen MR) is 106 cm³/mol. The lowest BCUT2D eigenvalue weighted by Gasteiger charge is -2.21. The Bertz CT molecular complexity index is 844. The van der Waals surface area contributed by atoms with E-state index in [-0.39, 0.29) is 11.4 Å². The summed E-state index contributed by atoms with van der Waals surface area (Å²) in [6.07, 6.45) is -1.54. The van der Waals surface area contributed by atoms with Crippen LogP contribution >= 0.6 is 0 Å². The van der Waals surface area contributed by atoms with E-state index < -0.39 is 29.5 Å². The van der Waals surface area contributed by atoms with Gasteiger partial charge in [-0.1, -0.05) is 17.7 Å². The number of amides is 2. The quantitative estimate of drug-likeness (QED) is 0.765. The van der Waals surface area contributed by atoms with Crippen LogP contribution in [0.2, 0.25) is 0 Å². The Hall–Kier alpha value is -3.09. The molecule has 0 saturated carbocycles. The van der Waals surface area contributed by atoms with E-state index in [0.29, 0.717) is 5.75 Å². The summed E-state index contributed by atoms with van der Waals surface area (Å²) >= 11 is 0. The molecule has 0 spiro atoms. The summed E-state index contributed by atoms with van der Waals surface area (Å²) in [7, 11) is 0. The zero-order valence-corrected chi connectivity index (χ0v) is 16.6. The number of hydrogen-bond acceptors (Lipinski definition) is 4. The first kappa shape index (κ1) is 21.2. The molecule has 0 heterocycles. The number of halogens is 1. The van der Waals surface area contributed by atoms with Gasteiger partial charge in [-0.2, -0.15) is 0 Å². The van der Waals surface area contributed by atoms with Gasteiger partial charge in [0.05, 0.1) is 11.4 Å². The monoisotopic (exact) mass is 388 g/mol. The third kappa shape index (κ3) is 6.57. The van der Waals surface area contributed by atoms with Gasteiger partial charge in [0, 0.05) is 0 Å². The minimum Gasteiger partial charge on any atom is -0.481 e. The van der Waals surface area contributed by atoms with Gasteiger partial charge >= 0.3 is 6.09 Å². The number of benzene rings is 2. The van der Waals surface area contributed by atoms with Crippen molar-refractivity contribution in [1.82, 2.24) is 0 Å². The molecule has 7 heteroatoms. The number of carbonyl (C=O) groups excluding carboxylic acids is 2. The highest BCUT2D eigenvalue weighted by atomic mass is 19.1. The fourth-order valence-corrected chi connectivity index (χ4v) is 2.25. The summed E-state index contributed by atoms with van der Waals surface area (Å²) < 4.78 is 24.5. The number of anilines is 2. The van der Waals surface area contributed by atoms with Gasteiger partial charge < -0.3 is 14.8 Å². The first-order valence-electron chi connectivity index (χ1n) is 8.87. The molecule has 2 aromatic carbocycles. The topological polar surface area (TPSA) is 76.7 Å². The Morgan fingerprint density at radius 3 is 2.25 bits per heavy atom. The fourth-order valence-electron chi connectivity index (χ4n) is 2.25. The molecule has 150 valence electrons. The van der Waals surface area contributed by atoms with Crippen molar-refractivity contribution in [3.05, 3.63) is 53.8 Å². The normalized spacial score (nSPS) is 12.1. The first-order chi connectivity index (χ1) is 13.0. The molecule has 0 fully saturated rings. The largest absolute Gasteiger partial charge is 0.481 e. The molecule has 0 radical (unpaired) electrons. The zero-order valence-electron chi connectivity index (χ0n) is 16.6. The average Bonchev–Trinajstić information content (AvgIpc) is 2.57. The Balaban J connectivity index is 2.09. The lowest BCUT2D eigenvalue weighted by atomic mass is 10.2. The number of nitrogens with one attached hydrogen (secondary N) is 2. The molecular formula is C21H25FN2O4. The van der Waals surface area contributed by atoms with Gasteiger partial charge in [0.25, 0.3) is 5.91 Å². The minimum absolute atomic E-state index is 0.107. The van der Waals surface area contributed by atoms with Crippen molar-refractivity contribution >= 4 is 23.4 Å². The van der Waals surface area contributed by atoms with E-state index in [2.05, 4.69) is 10.6 Å². The Labute approximate surface area is 164 Å². The molecule has 0 bridgehead atoms. The van der Waals surface area contributed by atoms with Crippen LogP contribution in [-0.4, -0.2) is 23.7 Å². The van der Waals surface area contributed by atoms with Crippen molar-refractivity contribution in [2.75, 3.05) is 10.6 Å². The Morgan fingerprint density at radius 1 is 1.00 bits per heavy atom. The molecule has 0 aliphatic carbocycles. The Morgan fingerprint density at radius 2 is 1.64 bits per heavy atom. The van der Waals surface area contributed by atoms with Gasteiger partial charge in [0.15, 0.2) is 6.10 Å². The van der Waals surface area contributed by atoms with Crippen molar-refractivity contribution < 1.29 is 23.5 Å². The van der Waals surface area contributed by atoms with Crippen LogP contribution in [0.25, 0.3) is 0 Å². The van der Waals surface area contributed by atoms with Crippen LogP contribution < -0.4 is 15.4 Å². The summed E-state index contributed by atoms with van der Waals surface area (Å²) in [5, 5.41) is 5.09. The predicted octanol–water partition coefficient (Wildman–Crippen LogP) is 4.89. The molecule has 2 amide bonds. The van der Waals surface area contributed by atoms with Gasteiger partial charge in [-0.05, 0) is 65.0 Å². The highest BCUT2D eigenvalue weighted by Crippen LogP contribution is 2.24. The number of carbonyl (C=O) groups is 2. The molecule has 2 rings (SSSR count). The molecule has 2 aromatic rings. The molecule has 0 saturated heterocycles. The van der Waals surface area contributed by atoms with E-state index >= 15 is 0 Å². The molecule has 28 heavy (non-hydrogen) atoms. The third-order valence-electron chi connectivity index (χ3n) is 3.58. The van der Waals surface area contributed by atoms with E-state index in [4.69, 9.17) is 9.47 Å². The average molecular weight is 388 g/mol. The molecule has 0 aliphatic rings. The summed E-state index contributed by atoms with van der Waals surface area (Å²) in [6, 6.07) is 10.9. The van der Waals surface area contributed by atoms with Crippen molar-refractivity contribution in [2.24, 2.45) is 0 Å². The third-order valence-corrected chi connectivity index (χ3v) is 3.58. The summed E-state index contributed by atoms with van der Waals surface area (Å²) in [6.45, 7) is 8.70. The second kappa shape index (κ2) is 8.73. The van der Waals surface area contributed by atoms with Crippen LogP contribution in [0.1, 0.15) is 33.3 Å². The zero-order chi connectivity index (χ0) is 20.9. The Kier molecular flexibility index (Phi) is 6.62. The van der Waals surface area contributed by atoms with E-state index in [1.807, 2.05) is 19.1 Å². The van der Waals surface area contributed by atoms with Gasteiger partial charge in [0.1, 0.15) is 17.2 Å². The summed E-state index contributed by atoms with van der Waals surface area (Å²) in [5.41, 5.74) is 0.702. The van der Waals surface area contributed by atoms with Crippen LogP contribution in [0.15, 0.2) is 42.5 Å². The standard InChI is InChI=1S/C21H25FN2O4/c1-13-6-9-16(10-7-13)27-14(2)19(25)23-18-12-15(22)8-11-17(18)24-20(26)28-21(3,4)5/h6-12,14H,1-5H3,(H,23,25)(H,24,26). The first-order valence-corrected chi connectivity index (χ1v) is 8.87. The molecule has 1 unspecified atom stereocenters. The fraction of sp³-hybridized carbons (Fsp3) is 0.333. The van der Waals surface area contributed by atoms with E-state index in [9.17, 15) is 14.0 Å². The van der Waals surface area contributed by atoms with Gasteiger partial charge in [-0.25, -0.2) is 9.18 Å². The SMILES string of the molecule is Cc1ccc(OC(C)C(=O)Nc2cc(F)ccc2NC(=O)OC(C)(C)C)cc1. The molecule has 0 aromatic heterocycles. The number of hydrogen-bond donors (Lipinski definition) is 2. The van der Waals surface area contributed by atoms with Gasteiger partial charge in [0.2, 0.25) is 0 Å². The number of rotatable bonds is 5. The lowest BCUT2D eigenvalue weighted by molar-refractivity contribution is -0.122. The van der Waals surface area contributed by atoms with Crippen molar-refractivity contribution in [1.29, 1.82) is 0 Å². The second-order valence-corrected chi connectivity index (χ2v) is 7.38. The maximum absolute atomic E-state index is 13.7. The van der Waals surface area contributed by atoms with E-state index in [1.165, 1.54) is 12.1 Å². The van der Waals surface area contributed by atoms with Crippen LogP contribution in [0.3, 0.4) is 0 Å².